The Bertz CT molecular complexity index is 502. The van der Waals surface area contributed by atoms with Crippen LogP contribution in [0.15, 0.2) is 24.5 Å². The molecule has 5 nitrogen and oxygen atoms in total. The van der Waals surface area contributed by atoms with Gasteiger partial charge in [0.2, 0.25) is 11.8 Å². The molecule has 0 atom stereocenters. The van der Waals surface area contributed by atoms with E-state index in [1.54, 1.807) is 12.4 Å². The molecule has 1 fully saturated rings. The molecule has 0 spiro atoms. The largest absolute Gasteiger partial charge is 0.351 e. The molecule has 2 rings (SSSR count). The molecule has 1 aromatic rings. The number of nitrogens with zero attached hydrogens (tertiary/aromatic N) is 1. The van der Waals surface area contributed by atoms with Gasteiger partial charge in [0.15, 0.2) is 0 Å². The summed E-state index contributed by atoms with van der Waals surface area (Å²) in [6.07, 6.45) is 4.61. The zero-order valence-corrected chi connectivity index (χ0v) is 12.2. The van der Waals surface area contributed by atoms with E-state index in [2.05, 4.69) is 15.6 Å². The summed E-state index contributed by atoms with van der Waals surface area (Å²) < 4.78 is 0. The highest BCUT2D eigenvalue weighted by atomic mass is 16.2. The van der Waals surface area contributed by atoms with Crippen molar-refractivity contribution in [1.29, 1.82) is 0 Å². The molecule has 1 aromatic heterocycles. The van der Waals surface area contributed by atoms with Gasteiger partial charge < -0.3 is 10.6 Å². The number of amides is 2. The smallest absolute Gasteiger partial charge is 0.236 e. The van der Waals surface area contributed by atoms with Crippen LogP contribution in [-0.4, -0.2) is 22.3 Å². The van der Waals surface area contributed by atoms with E-state index in [4.69, 9.17) is 0 Å². The molecule has 0 aliphatic heterocycles. The maximum absolute atomic E-state index is 12.2. The van der Waals surface area contributed by atoms with Crippen molar-refractivity contribution in [2.24, 2.45) is 5.41 Å². The minimum atomic E-state index is -0.861. The van der Waals surface area contributed by atoms with Gasteiger partial charge >= 0.3 is 0 Å². The summed E-state index contributed by atoms with van der Waals surface area (Å²) in [6, 6.07) is 3.68. The highest BCUT2D eigenvalue weighted by Gasteiger charge is 2.56. The van der Waals surface area contributed by atoms with Gasteiger partial charge in [-0.05, 0) is 51.3 Å². The first-order chi connectivity index (χ1) is 9.33. The third-order valence-corrected chi connectivity index (χ3v) is 3.31. The first kappa shape index (κ1) is 14.5. The second-order valence-corrected chi connectivity index (χ2v) is 6.32. The molecule has 20 heavy (non-hydrogen) atoms. The lowest BCUT2D eigenvalue weighted by molar-refractivity contribution is -0.138. The Hall–Kier alpha value is -1.91. The van der Waals surface area contributed by atoms with E-state index >= 15 is 0 Å². The Morgan fingerprint density at radius 3 is 2.30 bits per heavy atom. The third-order valence-electron chi connectivity index (χ3n) is 3.31. The van der Waals surface area contributed by atoms with Crippen molar-refractivity contribution in [3.63, 3.8) is 0 Å². The van der Waals surface area contributed by atoms with Gasteiger partial charge in [0, 0.05) is 24.5 Å². The van der Waals surface area contributed by atoms with E-state index in [1.807, 2.05) is 32.9 Å². The quantitative estimate of drug-likeness (QED) is 0.816. The van der Waals surface area contributed by atoms with Crippen molar-refractivity contribution in [1.82, 2.24) is 15.6 Å². The summed E-state index contributed by atoms with van der Waals surface area (Å²) in [5.41, 5.74) is -0.210. The van der Waals surface area contributed by atoms with Gasteiger partial charge in [-0.25, -0.2) is 0 Å². The number of hydrogen-bond acceptors (Lipinski definition) is 3. The van der Waals surface area contributed by atoms with Gasteiger partial charge in [0.1, 0.15) is 5.41 Å². The first-order valence-electron chi connectivity index (χ1n) is 6.83. The van der Waals surface area contributed by atoms with Gasteiger partial charge in [-0.1, -0.05) is 0 Å². The van der Waals surface area contributed by atoms with Gasteiger partial charge in [0.05, 0.1) is 0 Å². The molecule has 108 valence electrons. The molecular weight excluding hydrogens is 254 g/mol. The molecular formula is C15H21N3O2. The van der Waals surface area contributed by atoms with Crippen LogP contribution in [0.25, 0.3) is 0 Å². The van der Waals surface area contributed by atoms with Crippen LogP contribution in [0.4, 0.5) is 0 Å². The number of rotatable bonds is 4. The van der Waals surface area contributed by atoms with Crippen molar-refractivity contribution in [2.75, 3.05) is 0 Å². The lowest BCUT2D eigenvalue weighted by atomic mass is 10.0. The average molecular weight is 275 g/mol. The van der Waals surface area contributed by atoms with E-state index in [-0.39, 0.29) is 17.4 Å². The minimum absolute atomic E-state index is 0.169. The molecule has 0 radical (unpaired) electrons. The summed E-state index contributed by atoms with van der Waals surface area (Å²) in [4.78, 5) is 28.4. The third kappa shape index (κ3) is 3.35. The van der Waals surface area contributed by atoms with Crippen LogP contribution in [-0.2, 0) is 16.1 Å². The summed E-state index contributed by atoms with van der Waals surface area (Å²) in [7, 11) is 0. The molecule has 0 saturated heterocycles. The maximum Gasteiger partial charge on any atom is 0.236 e. The lowest BCUT2D eigenvalue weighted by Gasteiger charge is -2.24. The van der Waals surface area contributed by atoms with Gasteiger partial charge in [-0.2, -0.15) is 0 Å². The van der Waals surface area contributed by atoms with Crippen LogP contribution in [0.3, 0.4) is 0 Å². The molecule has 1 aliphatic carbocycles. The standard InChI is InChI=1S/C15H21N3O2/c1-14(2,3)18-13(20)15(6-7-15)12(19)17-10-11-4-8-16-9-5-11/h4-5,8-9H,6-7,10H2,1-3H3,(H,17,19)(H,18,20). The van der Waals surface area contributed by atoms with Gasteiger partial charge in [-0.3, -0.25) is 14.6 Å². The average Bonchev–Trinajstić information content (AvgIpc) is 3.16. The number of pyridine rings is 1. The van der Waals surface area contributed by atoms with Gasteiger partial charge in [0.25, 0.3) is 0 Å². The van der Waals surface area contributed by atoms with Crippen molar-refractivity contribution >= 4 is 11.8 Å². The van der Waals surface area contributed by atoms with E-state index in [0.29, 0.717) is 19.4 Å². The number of hydrogen-bond donors (Lipinski definition) is 2. The van der Waals surface area contributed by atoms with Crippen LogP contribution in [0.5, 0.6) is 0 Å². The predicted octanol–water partition coefficient (Wildman–Crippen LogP) is 1.39. The molecule has 2 amide bonds. The molecule has 5 heteroatoms. The Morgan fingerprint density at radius 1 is 1.20 bits per heavy atom. The van der Waals surface area contributed by atoms with Crippen molar-refractivity contribution in [3.05, 3.63) is 30.1 Å². The fraction of sp³-hybridized carbons (Fsp3) is 0.533. The number of aromatic nitrogens is 1. The highest BCUT2D eigenvalue weighted by Crippen LogP contribution is 2.46. The topological polar surface area (TPSA) is 71.1 Å². The molecule has 0 bridgehead atoms. The number of carbonyl (C=O) groups is 2. The predicted molar refractivity (Wildman–Crippen MR) is 75.6 cm³/mol. The minimum Gasteiger partial charge on any atom is -0.351 e. The van der Waals surface area contributed by atoms with Crippen LogP contribution >= 0.6 is 0 Å². The lowest BCUT2D eigenvalue weighted by Crippen LogP contribution is -2.49. The molecule has 0 aromatic carbocycles. The summed E-state index contributed by atoms with van der Waals surface area (Å²) in [5.74, 6) is -0.353. The second-order valence-electron chi connectivity index (χ2n) is 6.32. The van der Waals surface area contributed by atoms with E-state index in [0.717, 1.165) is 5.56 Å². The fourth-order valence-electron chi connectivity index (χ4n) is 1.99. The van der Waals surface area contributed by atoms with Crippen molar-refractivity contribution < 1.29 is 9.59 Å². The highest BCUT2D eigenvalue weighted by molar-refractivity contribution is 6.08. The molecule has 1 saturated carbocycles. The first-order valence-corrected chi connectivity index (χ1v) is 6.83. The van der Waals surface area contributed by atoms with Crippen LogP contribution < -0.4 is 10.6 Å². The van der Waals surface area contributed by atoms with Gasteiger partial charge in [-0.15, -0.1) is 0 Å². The number of nitrogens with one attached hydrogen (secondary N) is 2. The van der Waals surface area contributed by atoms with Crippen molar-refractivity contribution in [2.45, 2.75) is 45.7 Å². The molecule has 0 unspecified atom stereocenters. The zero-order chi connectivity index (χ0) is 14.8. The Balaban J connectivity index is 1.93. The van der Waals surface area contributed by atoms with Crippen LogP contribution in [0, 0.1) is 5.41 Å². The Labute approximate surface area is 119 Å². The second kappa shape index (κ2) is 5.23. The fourth-order valence-corrected chi connectivity index (χ4v) is 1.99. The van der Waals surface area contributed by atoms with E-state index < -0.39 is 5.41 Å². The van der Waals surface area contributed by atoms with E-state index in [1.165, 1.54) is 0 Å². The summed E-state index contributed by atoms with van der Waals surface area (Å²) in [6.45, 7) is 6.16. The number of carbonyl (C=O) groups excluding carboxylic acids is 2. The molecule has 1 heterocycles. The molecule has 2 N–H and O–H groups in total. The van der Waals surface area contributed by atoms with Crippen LogP contribution in [0.1, 0.15) is 39.2 Å². The zero-order valence-electron chi connectivity index (χ0n) is 12.2. The van der Waals surface area contributed by atoms with Crippen molar-refractivity contribution in [3.8, 4) is 0 Å². The Kier molecular flexibility index (Phi) is 3.79. The molecule has 1 aliphatic rings. The SMILES string of the molecule is CC(C)(C)NC(=O)C1(C(=O)NCc2ccncc2)CC1. The normalized spacial score (nSPS) is 16.4. The Morgan fingerprint density at radius 2 is 1.80 bits per heavy atom. The monoisotopic (exact) mass is 275 g/mol. The summed E-state index contributed by atoms with van der Waals surface area (Å²) in [5, 5.41) is 5.73. The maximum atomic E-state index is 12.2. The van der Waals surface area contributed by atoms with Crippen LogP contribution in [0.2, 0.25) is 0 Å². The van der Waals surface area contributed by atoms with E-state index in [9.17, 15) is 9.59 Å². The summed E-state index contributed by atoms with van der Waals surface area (Å²) >= 11 is 0.